The molecule has 0 amide bonds. The van der Waals surface area contributed by atoms with Gasteiger partial charge in [0.15, 0.2) is 0 Å². The minimum Gasteiger partial charge on any atom is -0.340 e. The lowest BCUT2D eigenvalue weighted by molar-refractivity contribution is 0.433. The molecule has 0 fully saturated rings. The van der Waals surface area contributed by atoms with Crippen LogP contribution in [0.25, 0.3) is 0 Å². The summed E-state index contributed by atoms with van der Waals surface area (Å²) in [5.74, 6) is 0. The maximum atomic E-state index is 5.18. The van der Waals surface area contributed by atoms with Crippen molar-refractivity contribution in [2.24, 2.45) is 15.4 Å². The zero-order chi connectivity index (χ0) is 24.8. The molecule has 0 heterocycles. The molecule has 3 aromatic rings. The Kier molecular flexibility index (Phi) is 8.44. The summed E-state index contributed by atoms with van der Waals surface area (Å²) in [6, 6.07) is 29.7. The van der Waals surface area contributed by atoms with Crippen LogP contribution in [-0.4, -0.2) is 16.8 Å². The van der Waals surface area contributed by atoms with Crippen LogP contribution in [0.3, 0.4) is 0 Å². The normalized spacial score (nSPS) is 13.3. The van der Waals surface area contributed by atoms with Gasteiger partial charge in [-0.25, -0.2) is 0 Å². The van der Waals surface area contributed by atoms with Gasteiger partial charge in [0.1, 0.15) is 5.58 Å². The monoisotopic (exact) mass is 471 g/mol. The molecular weight excluding hydrogens is 433 g/mol. The van der Waals surface area contributed by atoms with Crippen molar-refractivity contribution in [1.29, 1.82) is 0 Å². The average Bonchev–Trinajstić information content (AvgIpc) is 2.74. The fourth-order valence-electron chi connectivity index (χ4n) is 3.78. The Morgan fingerprint density at radius 1 is 0.735 bits per heavy atom. The third kappa shape index (κ3) is 8.22. The Morgan fingerprint density at radius 2 is 1.24 bits per heavy atom. The molecule has 0 saturated carbocycles. The van der Waals surface area contributed by atoms with Gasteiger partial charge in [-0.2, -0.15) is 0 Å². The highest BCUT2D eigenvalue weighted by atomic mass is 31.1. The van der Waals surface area contributed by atoms with Gasteiger partial charge in [-0.15, -0.1) is 0 Å². The maximum absolute atomic E-state index is 5.18. The highest BCUT2D eigenvalue weighted by Gasteiger charge is 2.23. The van der Waals surface area contributed by atoms with E-state index in [1.54, 1.807) is 0 Å². The molecule has 3 nitrogen and oxygen atoms in total. The molecular formula is C30H38N3P. The third-order valence-electron chi connectivity index (χ3n) is 4.91. The van der Waals surface area contributed by atoms with Crippen molar-refractivity contribution in [1.82, 2.24) is 0 Å². The van der Waals surface area contributed by atoms with Crippen LogP contribution in [0.2, 0.25) is 0 Å². The molecule has 34 heavy (non-hydrogen) atoms. The van der Waals surface area contributed by atoms with E-state index in [1.807, 2.05) is 0 Å². The molecule has 0 bridgehead atoms. The molecule has 0 saturated heterocycles. The molecule has 3 aromatic carbocycles. The quantitative estimate of drug-likeness (QED) is 0.221. The Labute approximate surface area is 207 Å². The first-order valence-corrected chi connectivity index (χ1v) is 13.3. The number of aliphatic imine (C=N–C) groups is 2. The van der Waals surface area contributed by atoms with Gasteiger partial charge < -0.3 is 5.32 Å². The molecule has 0 spiro atoms. The summed E-state index contributed by atoms with van der Waals surface area (Å²) in [7, 11) is -0.828. The lowest BCUT2D eigenvalue weighted by Gasteiger charge is -2.25. The van der Waals surface area contributed by atoms with Gasteiger partial charge in [0.2, 0.25) is 0 Å². The van der Waals surface area contributed by atoms with E-state index in [9.17, 15) is 0 Å². The Bertz CT molecular complexity index is 1060. The minimum absolute atomic E-state index is 0.208. The molecule has 4 heteroatoms. The van der Waals surface area contributed by atoms with Crippen molar-refractivity contribution >= 4 is 41.2 Å². The van der Waals surface area contributed by atoms with E-state index < -0.39 is 7.92 Å². The third-order valence-corrected chi connectivity index (χ3v) is 7.18. The van der Waals surface area contributed by atoms with Crippen LogP contribution >= 0.6 is 7.92 Å². The van der Waals surface area contributed by atoms with Crippen LogP contribution in [0.1, 0.15) is 54.9 Å². The standard InChI is InChI=1S/C30H38N3P/c1-23(22-29(2,3)4)31-24-18-20-25(21-19-24)32-28(33-30(5,6)7)34(26-14-10-8-11-15-26)27-16-12-9-13-17-27/h8-21H,22H2,1-7H3,(H,32,33). The summed E-state index contributed by atoms with van der Waals surface area (Å²) < 4.78 is 0. The lowest BCUT2D eigenvalue weighted by Crippen LogP contribution is -2.26. The van der Waals surface area contributed by atoms with Crippen LogP contribution in [-0.2, 0) is 0 Å². The SMILES string of the molecule is CC(CC(C)(C)C)=Nc1ccc(NC(=NC(C)(C)C)P(c2ccccc2)c2ccccc2)cc1. The molecule has 0 radical (unpaired) electrons. The fourth-order valence-corrected chi connectivity index (χ4v) is 6.14. The Hall–Kier alpha value is -2.77. The molecule has 0 aliphatic rings. The van der Waals surface area contributed by atoms with Crippen LogP contribution in [0.15, 0.2) is 94.9 Å². The van der Waals surface area contributed by atoms with Crippen molar-refractivity contribution in [3.8, 4) is 0 Å². The first-order chi connectivity index (χ1) is 16.0. The van der Waals surface area contributed by atoms with Gasteiger partial charge in [0, 0.05) is 19.3 Å². The summed E-state index contributed by atoms with van der Waals surface area (Å²) in [6.07, 6.45) is 0.980. The van der Waals surface area contributed by atoms with Crippen LogP contribution < -0.4 is 15.9 Å². The Balaban J connectivity index is 1.95. The highest BCUT2D eigenvalue weighted by Crippen LogP contribution is 2.37. The summed E-state index contributed by atoms with van der Waals surface area (Å²) in [4.78, 5) is 9.99. The van der Waals surface area contributed by atoms with Crippen LogP contribution in [0.4, 0.5) is 11.4 Å². The first-order valence-electron chi connectivity index (χ1n) is 11.9. The summed E-state index contributed by atoms with van der Waals surface area (Å²) in [5.41, 5.74) is 4.19. The summed E-state index contributed by atoms with van der Waals surface area (Å²) in [6.45, 7) is 15.3. The van der Waals surface area contributed by atoms with Crippen molar-refractivity contribution in [3.05, 3.63) is 84.9 Å². The molecule has 0 aliphatic heterocycles. The van der Waals surface area contributed by atoms with E-state index in [0.29, 0.717) is 0 Å². The topological polar surface area (TPSA) is 36.8 Å². The van der Waals surface area contributed by atoms with Gasteiger partial charge in [-0.1, -0.05) is 81.4 Å². The zero-order valence-electron chi connectivity index (χ0n) is 21.6. The van der Waals surface area contributed by atoms with E-state index in [0.717, 1.165) is 29.1 Å². The summed E-state index contributed by atoms with van der Waals surface area (Å²) in [5, 5.41) is 6.23. The first kappa shape index (κ1) is 25.8. The van der Waals surface area contributed by atoms with E-state index in [4.69, 9.17) is 9.98 Å². The smallest absolute Gasteiger partial charge is 0.133 e. The number of anilines is 1. The van der Waals surface area contributed by atoms with Crippen LogP contribution in [0, 0.1) is 5.41 Å². The number of hydrogen-bond donors (Lipinski definition) is 1. The van der Waals surface area contributed by atoms with Crippen molar-refractivity contribution < 1.29 is 0 Å². The largest absolute Gasteiger partial charge is 0.340 e. The van der Waals surface area contributed by atoms with Gasteiger partial charge in [-0.3, -0.25) is 9.98 Å². The predicted octanol–water partition coefficient (Wildman–Crippen LogP) is 7.91. The number of amidine groups is 1. The average molecular weight is 472 g/mol. The second-order valence-electron chi connectivity index (χ2n) is 10.9. The second-order valence-corrected chi connectivity index (χ2v) is 13.0. The van der Waals surface area contributed by atoms with E-state index in [2.05, 4.69) is 139 Å². The van der Waals surface area contributed by atoms with Gasteiger partial charge in [0.05, 0.1) is 11.2 Å². The maximum Gasteiger partial charge on any atom is 0.133 e. The number of rotatable bonds is 6. The van der Waals surface area contributed by atoms with Gasteiger partial charge in [0.25, 0.3) is 0 Å². The molecule has 0 aliphatic carbocycles. The second kappa shape index (κ2) is 11.1. The van der Waals surface area contributed by atoms with Gasteiger partial charge in [-0.05, 0) is 74.4 Å². The number of nitrogens with zero attached hydrogens (tertiary/aromatic N) is 2. The molecule has 1 N–H and O–H groups in total. The van der Waals surface area contributed by atoms with E-state index in [1.165, 1.54) is 10.6 Å². The molecule has 178 valence electrons. The van der Waals surface area contributed by atoms with Crippen molar-refractivity contribution in [2.75, 3.05) is 5.32 Å². The minimum atomic E-state index is -0.828. The highest BCUT2D eigenvalue weighted by molar-refractivity contribution is 7.88. The molecule has 0 unspecified atom stereocenters. The number of hydrogen-bond acceptors (Lipinski definition) is 2. The zero-order valence-corrected chi connectivity index (χ0v) is 22.5. The van der Waals surface area contributed by atoms with E-state index >= 15 is 0 Å². The lowest BCUT2D eigenvalue weighted by atomic mass is 9.90. The predicted molar refractivity (Wildman–Crippen MR) is 153 cm³/mol. The van der Waals surface area contributed by atoms with Crippen molar-refractivity contribution in [2.45, 2.75) is 60.4 Å². The summed E-state index contributed by atoms with van der Waals surface area (Å²) >= 11 is 0. The Morgan fingerprint density at radius 3 is 1.68 bits per heavy atom. The molecule has 3 rings (SSSR count). The van der Waals surface area contributed by atoms with Crippen molar-refractivity contribution in [3.63, 3.8) is 0 Å². The van der Waals surface area contributed by atoms with E-state index in [-0.39, 0.29) is 11.0 Å². The van der Waals surface area contributed by atoms with Crippen LogP contribution in [0.5, 0.6) is 0 Å². The molecule has 0 aromatic heterocycles. The fraction of sp³-hybridized carbons (Fsp3) is 0.333. The number of benzene rings is 3. The molecule has 0 atom stereocenters. The number of nitrogens with one attached hydrogen (secondary N) is 1. The van der Waals surface area contributed by atoms with Gasteiger partial charge >= 0.3 is 0 Å².